The summed E-state index contributed by atoms with van der Waals surface area (Å²) in [5, 5.41) is 4.13. The van der Waals surface area contributed by atoms with Crippen LogP contribution in [-0.2, 0) is 20.0 Å². The summed E-state index contributed by atoms with van der Waals surface area (Å²) in [5.74, 6) is 0.212. The first-order valence-corrected chi connectivity index (χ1v) is 13.5. The summed E-state index contributed by atoms with van der Waals surface area (Å²) in [6, 6.07) is 13.3. The highest BCUT2D eigenvalue weighted by Crippen LogP contribution is 2.31. The topological polar surface area (TPSA) is 111 Å². The van der Waals surface area contributed by atoms with Crippen molar-refractivity contribution < 1.29 is 21.6 Å². The number of benzene rings is 2. The summed E-state index contributed by atoms with van der Waals surface area (Å²) in [4.78, 5) is -0.0444. The maximum absolute atomic E-state index is 13.2. The highest BCUT2D eigenvalue weighted by atomic mass is 32.2. The first-order chi connectivity index (χ1) is 15.8. The Morgan fingerprint density at radius 2 is 1.61 bits per heavy atom. The number of hydrogen-bond acceptors (Lipinski definition) is 6. The molecular formula is C22H26N4O5S2. The van der Waals surface area contributed by atoms with Gasteiger partial charge >= 0.3 is 0 Å². The molecule has 4 rings (SSSR count). The Hall–Kier alpha value is -2.89. The molecule has 1 aliphatic rings. The molecule has 0 radical (unpaired) electrons. The molecule has 0 spiro atoms. The van der Waals surface area contributed by atoms with Crippen LogP contribution in [0.1, 0.15) is 25.7 Å². The second-order valence-electron chi connectivity index (χ2n) is 7.74. The van der Waals surface area contributed by atoms with Crippen molar-refractivity contribution in [2.75, 3.05) is 24.9 Å². The van der Waals surface area contributed by atoms with E-state index in [2.05, 4.69) is 9.82 Å². The molecule has 0 atom stereocenters. The molecule has 1 fully saturated rings. The van der Waals surface area contributed by atoms with Crippen LogP contribution >= 0.6 is 0 Å². The van der Waals surface area contributed by atoms with Gasteiger partial charge in [0.15, 0.2) is 0 Å². The van der Waals surface area contributed by atoms with Crippen LogP contribution < -0.4 is 9.46 Å². The zero-order valence-corrected chi connectivity index (χ0v) is 19.8. The molecule has 11 heteroatoms. The average Bonchev–Trinajstić information content (AvgIpc) is 3.16. The lowest BCUT2D eigenvalue weighted by atomic mass is 10.2. The van der Waals surface area contributed by atoms with Gasteiger partial charge in [0.25, 0.3) is 10.0 Å². The van der Waals surface area contributed by atoms with Gasteiger partial charge in [-0.3, -0.25) is 4.72 Å². The second-order valence-corrected chi connectivity index (χ2v) is 11.4. The van der Waals surface area contributed by atoms with Crippen LogP contribution in [0, 0.1) is 0 Å². The predicted octanol–water partition coefficient (Wildman–Crippen LogP) is 3.25. The molecule has 1 aliphatic heterocycles. The number of para-hydroxylation sites is 1. The molecule has 3 aromatic rings. The molecule has 33 heavy (non-hydrogen) atoms. The molecule has 0 aliphatic carbocycles. The van der Waals surface area contributed by atoms with Crippen LogP contribution in [0.5, 0.6) is 5.75 Å². The van der Waals surface area contributed by atoms with Crippen LogP contribution in [0.15, 0.2) is 70.7 Å². The van der Waals surface area contributed by atoms with Crippen LogP contribution in [0.2, 0.25) is 0 Å². The van der Waals surface area contributed by atoms with Gasteiger partial charge in [-0.25, -0.2) is 21.5 Å². The van der Waals surface area contributed by atoms with Crippen LogP contribution in [0.4, 0.5) is 5.69 Å². The molecule has 0 amide bonds. The standard InChI is InChI=1S/C22H26N4O5S2/c1-31-22-12-11-19(33(29,30)25-13-7-2-3-8-14-25)15-21(22)24-32(27,28)20-16-23-26(17-20)18-9-5-4-6-10-18/h4-6,9-12,15-17,24H,2-3,7-8,13-14H2,1H3. The molecule has 0 bridgehead atoms. The molecule has 176 valence electrons. The summed E-state index contributed by atoms with van der Waals surface area (Å²) in [5.41, 5.74) is 0.753. The Morgan fingerprint density at radius 1 is 0.909 bits per heavy atom. The number of rotatable bonds is 7. The fourth-order valence-corrected chi connectivity index (χ4v) is 6.26. The zero-order chi connectivity index (χ0) is 23.5. The molecule has 9 nitrogen and oxygen atoms in total. The third kappa shape index (κ3) is 5.05. The molecule has 2 aromatic carbocycles. The zero-order valence-electron chi connectivity index (χ0n) is 18.2. The third-order valence-electron chi connectivity index (χ3n) is 5.51. The fraction of sp³-hybridized carbons (Fsp3) is 0.318. The Morgan fingerprint density at radius 3 is 2.27 bits per heavy atom. The van der Waals surface area contributed by atoms with Crippen molar-refractivity contribution >= 4 is 25.7 Å². The maximum atomic E-state index is 13.2. The number of sulfonamides is 2. The molecule has 2 heterocycles. The Bertz CT molecular complexity index is 1310. The van der Waals surface area contributed by atoms with E-state index in [0.717, 1.165) is 25.7 Å². The van der Waals surface area contributed by atoms with Gasteiger partial charge in [0.1, 0.15) is 10.6 Å². The van der Waals surface area contributed by atoms with E-state index in [1.54, 1.807) is 12.1 Å². The second kappa shape index (κ2) is 9.54. The predicted molar refractivity (Wildman–Crippen MR) is 125 cm³/mol. The van der Waals surface area contributed by atoms with Crippen molar-refractivity contribution in [1.29, 1.82) is 0 Å². The smallest absolute Gasteiger partial charge is 0.265 e. The summed E-state index contributed by atoms with van der Waals surface area (Å²) in [7, 11) is -6.41. The van der Waals surface area contributed by atoms with Gasteiger partial charge in [-0.1, -0.05) is 31.0 Å². The van der Waals surface area contributed by atoms with Crippen LogP contribution in [0.3, 0.4) is 0 Å². The van der Waals surface area contributed by atoms with E-state index in [1.807, 2.05) is 18.2 Å². The normalized spacial score (nSPS) is 15.7. The number of anilines is 1. The van der Waals surface area contributed by atoms with E-state index >= 15 is 0 Å². The monoisotopic (exact) mass is 490 g/mol. The Labute approximate surface area is 194 Å². The third-order valence-corrected chi connectivity index (χ3v) is 8.72. The van der Waals surface area contributed by atoms with E-state index in [-0.39, 0.29) is 21.2 Å². The van der Waals surface area contributed by atoms with Crippen molar-refractivity contribution in [2.45, 2.75) is 35.5 Å². The van der Waals surface area contributed by atoms with Gasteiger partial charge in [-0.15, -0.1) is 0 Å². The van der Waals surface area contributed by atoms with E-state index in [1.165, 1.54) is 46.7 Å². The van der Waals surface area contributed by atoms with E-state index < -0.39 is 20.0 Å². The number of nitrogens with one attached hydrogen (secondary N) is 1. The SMILES string of the molecule is COc1ccc(S(=O)(=O)N2CCCCCC2)cc1NS(=O)(=O)c1cnn(-c2ccccc2)c1. The molecular weight excluding hydrogens is 464 g/mol. The lowest BCUT2D eigenvalue weighted by Gasteiger charge is -2.21. The molecule has 1 N–H and O–H groups in total. The van der Waals surface area contributed by atoms with Gasteiger partial charge < -0.3 is 4.74 Å². The number of ether oxygens (including phenoxy) is 1. The van der Waals surface area contributed by atoms with Crippen molar-refractivity contribution in [3.05, 3.63) is 60.9 Å². The molecule has 0 saturated carbocycles. The van der Waals surface area contributed by atoms with Gasteiger partial charge in [0.05, 0.1) is 35.8 Å². The lowest BCUT2D eigenvalue weighted by Crippen LogP contribution is -2.32. The Kier molecular flexibility index (Phi) is 6.73. The van der Waals surface area contributed by atoms with E-state index in [9.17, 15) is 16.8 Å². The summed E-state index contributed by atoms with van der Waals surface area (Å²) in [6.07, 6.45) is 6.23. The van der Waals surface area contributed by atoms with Crippen molar-refractivity contribution in [3.8, 4) is 11.4 Å². The quantitative estimate of drug-likeness (QED) is 0.544. The van der Waals surface area contributed by atoms with Gasteiger partial charge in [0.2, 0.25) is 10.0 Å². The largest absolute Gasteiger partial charge is 0.495 e. The fourth-order valence-electron chi connectivity index (χ4n) is 3.73. The summed E-state index contributed by atoms with van der Waals surface area (Å²) >= 11 is 0. The number of aromatic nitrogens is 2. The van der Waals surface area contributed by atoms with E-state index in [4.69, 9.17) is 4.74 Å². The minimum Gasteiger partial charge on any atom is -0.495 e. The number of methoxy groups -OCH3 is 1. The number of hydrogen-bond donors (Lipinski definition) is 1. The van der Waals surface area contributed by atoms with Crippen LogP contribution in [0.25, 0.3) is 5.69 Å². The van der Waals surface area contributed by atoms with Gasteiger partial charge in [-0.05, 0) is 43.2 Å². The van der Waals surface area contributed by atoms with E-state index in [0.29, 0.717) is 18.8 Å². The van der Waals surface area contributed by atoms with Crippen molar-refractivity contribution in [3.63, 3.8) is 0 Å². The average molecular weight is 491 g/mol. The van der Waals surface area contributed by atoms with Gasteiger partial charge in [-0.2, -0.15) is 9.40 Å². The van der Waals surface area contributed by atoms with Gasteiger partial charge in [0, 0.05) is 13.1 Å². The minimum atomic E-state index is -4.05. The summed E-state index contributed by atoms with van der Waals surface area (Å²) < 4.78 is 63.1. The summed E-state index contributed by atoms with van der Waals surface area (Å²) in [6.45, 7) is 0.905. The minimum absolute atomic E-state index is 0.0166. The molecule has 0 unspecified atom stereocenters. The first kappa shape index (κ1) is 23.3. The maximum Gasteiger partial charge on any atom is 0.265 e. The first-order valence-electron chi connectivity index (χ1n) is 10.6. The number of nitrogens with zero attached hydrogens (tertiary/aromatic N) is 3. The highest BCUT2D eigenvalue weighted by molar-refractivity contribution is 7.92. The molecule has 1 aromatic heterocycles. The van der Waals surface area contributed by atoms with Crippen LogP contribution in [-0.4, -0.2) is 51.1 Å². The highest BCUT2D eigenvalue weighted by Gasteiger charge is 2.27. The molecule has 1 saturated heterocycles. The van der Waals surface area contributed by atoms with Crippen molar-refractivity contribution in [1.82, 2.24) is 14.1 Å². The lowest BCUT2D eigenvalue weighted by molar-refractivity contribution is 0.415. The Balaban J connectivity index is 1.64. The van der Waals surface area contributed by atoms with Crippen molar-refractivity contribution in [2.24, 2.45) is 0 Å².